The van der Waals surface area contributed by atoms with E-state index < -0.39 is 0 Å². The van der Waals surface area contributed by atoms with Gasteiger partial charge in [-0.25, -0.2) is 5.90 Å². The fourth-order valence-electron chi connectivity index (χ4n) is 1.60. The summed E-state index contributed by atoms with van der Waals surface area (Å²) in [4.78, 5) is 4.54. The zero-order chi connectivity index (χ0) is 11.4. The molecule has 2 N–H and O–H groups in total. The van der Waals surface area contributed by atoms with Gasteiger partial charge in [-0.1, -0.05) is 17.7 Å². The Morgan fingerprint density at radius 1 is 1.31 bits per heavy atom. The summed E-state index contributed by atoms with van der Waals surface area (Å²) in [5.41, 5.74) is 0.955. The Morgan fingerprint density at radius 2 is 2.12 bits per heavy atom. The maximum absolute atomic E-state index is 6.23. The average molecular weight is 244 g/mol. The molecule has 88 valence electrons. The number of fused-ring (bicyclic) bond motifs is 1. The predicted molar refractivity (Wildman–Crippen MR) is 60.9 cm³/mol. The molecule has 0 spiro atoms. The van der Waals surface area contributed by atoms with Crippen LogP contribution < -0.4 is 15.4 Å². The van der Waals surface area contributed by atoms with Crippen molar-refractivity contribution in [2.45, 2.75) is 12.8 Å². The standard InChI is InChI=1S/C11H14ClNO3/c12-10-8(4-7-16-13)2-3-9-11(10)15-6-1-5-14-9/h2-3H,1,4-7,13H2. The molecule has 1 aromatic rings. The zero-order valence-electron chi connectivity index (χ0n) is 8.87. The van der Waals surface area contributed by atoms with E-state index in [2.05, 4.69) is 4.84 Å². The van der Waals surface area contributed by atoms with E-state index in [0.29, 0.717) is 42.8 Å². The van der Waals surface area contributed by atoms with Gasteiger partial charge in [-0.15, -0.1) is 0 Å². The number of nitrogens with two attached hydrogens (primary N) is 1. The van der Waals surface area contributed by atoms with Crippen molar-refractivity contribution in [3.63, 3.8) is 0 Å². The van der Waals surface area contributed by atoms with E-state index in [9.17, 15) is 0 Å². The van der Waals surface area contributed by atoms with Crippen LogP contribution in [0.4, 0.5) is 0 Å². The highest BCUT2D eigenvalue weighted by Crippen LogP contribution is 2.39. The van der Waals surface area contributed by atoms with Crippen molar-refractivity contribution in [2.75, 3.05) is 19.8 Å². The highest BCUT2D eigenvalue weighted by atomic mass is 35.5. The predicted octanol–water partition coefficient (Wildman–Crippen LogP) is 1.93. The zero-order valence-corrected chi connectivity index (χ0v) is 9.63. The highest BCUT2D eigenvalue weighted by molar-refractivity contribution is 6.33. The SMILES string of the molecule is NOCCc1ccc2c(c1Cl)OCCCO2. The molecule has 0 aromatic heterocycles. The van der Waals surface area contributed by atoms with Gasteiger partial charge in [0.1, 0.15) is 0 Å². The monoisotopic (exact) mass is 243 g/mol. The molecule has 2 rings (SSSR count). The minimum absolute atomic E-state index is 0.430. The van der Waals surface area contributed by atoms with E-state index in [0.717, 1.165) is 12.0 Å². The van der Waals surface area contributed by atoms with Crippen molar-refractivity contribution in [2.24, 2.45) is 5.90 Å². The van der Waals surface area contributed by atoms with E-state index in [1.807, 2.05) is 12.1 Å². The topological polar surface area (TPSA) is 53.7 Å². The fourth-order valence-corrected chi connectivity index (χ4v) is 1.91. The first-order valence-corrected chi connectivity index (χ1v) is 5.59. The van der Waals surface area contributed by atoms with E-state index >= 15 is 0 Å². The van der Waals surface area contributed by atoms with Crippen LogP contribution in [-0.2, 0) is 11.3 Å². The molecule has 4 nitrogen and oxygen atoms in total. The van der Waals surface area contributed by atoms with Gasteiger partial charge in [0.2, 0.25) is 0 Å². The van der Waals surface area contributed by atoms with Gasteiger partial charge in [-0.2, -0.15) is 0 Å². The summed E-state index contributed by atoms with van der Waals surface area (Å²) < 4.78 is 11.1. The molecule has 1 aromatic carbocycles. The first kappa shape index (κ1) is 11.5. The molecular weight excluding hydrogens is 230 g/mol. The van der Waals surface area contributed by atoms with Gasteiger partial charge in [-0.3, -0.25) is 0 Å². The van der Waals surface area contributed by atoms with Crippen LogP contribution in [0.15, 0.2) is 12.1 Å². The minimum atomic E-state index is 0.430. The second-order valence-electron chi connectivity index (χ2n) is 3.54. The number of rotatable bonds is 3. The van der Waals surface area contributed by atoms with Crippen molar-refractivity contribution in [1.82, 2.24) is 0 Å². The molecule has 0 amide bonds. The summed E-state index contributed by atoms with van der Waals surface area (Å²) in [5.74, 6) is 6.33. The van der Waals surface area contributed by atoms with Gasteiger partial charge < -0.3 is 14.3 Å². The highest BCUT2D eigenvalue weighted by Gasteiger charge is 2.16. The molecule has 0 unspecified atom stereocenters. The molecule has 5 heteroatoms. The Labute approximate surface area is 99.2 Å². The molecule has 0 saturated carbocycles. The normalized spacial score (nSPS) is 14.6. The number of ether oxygens (including phenoxy) is 2. The van der Waals surface area contributed by atoms with Gasteiger partial charge in [-0.05, 0) is 18.1 Å². The van der Waals surface area contributed by atoms with Crippen LogP contribution in [-0.4, -0.2) is 19.8 Å². The number of hydrogen-bond donors (Lipinski definition) is 1. The Bertz CT molecular complexity index is 370. The van der Waals surface area contributed by atoms with Crippen molar-refractivity contribution in [1.29, 1.82) is 0 Å². The fraction of sp³-hybridized carbons (Fsp3) is 0.455. The second-order valence-corrected chi connectivity index (χ2v) is 3.92. The Hall–Kier alpha value is -0.970. The Morgan fingerprint density at radius 3 is 2.94 bits per heavy atom. The van der Waals surface area contributed by atoms with Crippen LogP contribution >= 0.6 is 11.6 Å². The Balaban J connectivity index is 2.26. The third-order valence-corrected chi connectivity index (χ3v) is 2.84. The Kier molecular flexibility index (Phi) is 3.88. The number of halogens is 1. The molecule has 1 aliphatic heterocycles. The number of benzene rings is 1. The molecule has 0 atom stereocenters. The van der Waals surface area contributed by atoms with Gasteiger partial charge in [0.25, 0.3) is 0 Å². The first-order valence-electron chi connectivity index (χ1n) is 5.21. The summed E-state index contributed by atoms with van der Waals surface area (Å²) >= 11 is 6.23. The molecule has 0 radical (unpaired) electrons. The average Bonchev–Trinajstić information content (AvgIpc) is 2.54. The second kappa shape index (κ2) is 5.39. The number of hydrogen-bond acceptors (Lipinski definition) is 4. The molecular formula is C11H14ClNO3. The third-order valence-electron chi connectivity index (χ3n) is 2.42. The van der Waals surface area contributed by atoms with E-state index in [-0.39, 0.29) is 0 Å². The molecule has 16 heavy (non-hydrogen) atoms. The summed E-state index contributed by atoms with van der Waals surface area (Å²) in [7, 11) is 0. The van der Waals surface area contributed by atoms with Crippen LogP contribution in [0.2, 0.25) is 5.02 Å². The van der Waals surface area contributed by atoms with Crippen molar-refractivity contribution in [3.05, 3.63) is 22.7 Å². The van der Waals surface area contributed by atoms with Crippen LogP contribution in [0.5, 0.6) is 11.5 Å². The van der Waals surface area contributed by atoms with Crippen LogP contribution in [0.3, 0.4) is 0 Å². The third kappa shape index (κ3) is 2.40. The van der Waals surface area contributed by atoms with Crippen LogP contribution in [0.1, 0.15) is 12.0 Å². The summed E-state index contributed by atoms with van der Waals surface area (Å²) in [6.45, 7) is 1.72. The molecule has 1 aliphatic rings. The van der Waals surface area contributed by atoms with Gasteiger partial charge in [0.15, 0.2) is 11.5 Å². The maximum Gasteiger partial charge on any atom is 0.180 e. The van der Waals surface area contributed by atoms with Crippen LogP contribution in [0, 0.1) is 0 Å². The molecule has 0 fully saturated rings. The minimum Gasteiger partial charge on any atom is -0.490 e. The molecule has 0 saturated heterocycles. The lowest BCUT2D eigenvalue weighted by Gasteiger charge is -2.12. The largest absolute Gasteiger partial charge is 0.490 e. The van der Waals surface area contributed by atoms with Crippen molar-refractivity contribution < 1.29 is 14.3 Å². The van der Waals surface area contributed by atoms with Gasteiger partial charge in [0, 0.05) is 6.42 Å². The lowest BCUT2D eigenvalue weighted by atomic mass is 10.1. The summed E-state index contributed by atoms with van der Waals surface area (Å²) in [6, 6.07) is 3.78. The molecule has 0 bridgehead atoms. The maximum atomic E-state index is 6.23. The molecule has 1 heterocycles. The van der Waals surface area contributed by atoms with Gasteiger partial charge in [0.05, 0.1) is 24.8 Å². The summed E-state index contributed by atoms with van der Waals surface area (Å²) in [5, 5.41) is 0.594. The van der Waals surface area contributed by atoms with Gasteiger partial charge >= 0.3 is 0 Å². The smallest absolute Gasteiger partial charge is 0.180 e. The van der Waals surface area contributed by atoms with E-state index in [1.165, 1.54) is 0 Å². The van der Waals surface area contributed by atoms with E-state index in [4.69, 9.17) is 27.0 Å². The first-order chi connectivity index (χ1) is 7.83. The quantitative estimate of drug-likeness (QED) is 0.825. The van der Waals surface area contributed by atoms with Crippen molar-refractivity contribution >= 4 is 11.6 Å². The summed E-state index contributed by atoms with van der Waals surface area (Å²) in [6.07, 6.45) is 1.53. The van der Waals surface area contributed by atoms with E-state index in [1.54, 1.807) is 0 Å². The lowest BCUT2D eigenvalue weighted by Crippen LogP contribution is -2.04. The van der Waals surface area contributed by atoms with Crippen molar-refractivity contribution in [3.8, 4) is 11.5 Å². The lowest BCUT2D eigenvalue weighted by molar-refractivity contribution is 0.141. The molecule has 0 aliphatic carbocycles. The van der Waals surface area contributed by atoms with Crippen LogP contribution in [0.25, 0.3) is 0 Å².